The van der Waals surface area contributed by atoms with E-state index in [0.717, 1.165) is 16.2 Å². The lowest BCUT2D eigenvalue weighted by molar-refractivity contribution is 0.241. The van der Waals surface area contributed by atoms with Gasteiger partial charge in [0.25, 0.3) is 10.8 Å². The van der Waals surface area contributed by atoms with Gasteiger partial charge in [0.1, 0.15) is 11.6 Å². The fourth-order valence-electron chi connectivity index (χ4n) is 1.81. The van der Waals surface area contributed by atoms with Gasteiger partial charge in [-0.05, 0) is 30.2 Å². The van der Waals surface area contributed by atoms with E-state index < -0.39 is 5.56 Å². The molecule has 0 aliphatic heterocycles. The van der Waals surface area contributed by atoms with Crippen LogP contribution in [0.25, 0.3) is 11.3 Å². The Morgan fingerprint density at radius 3 is 2.71 bits per heavy atom. The van der Waals surface area contributed by atoms with Crippen molar-refractivity contribution in [2.24, 2.45) is 0 Å². The van der Waals surface area contributed by atoms with Crippen molar-refractivity contribution in [3.63, 3.8) is 0 Å². The van der Waals surface area contributed by atoms with E-state index in [1.54, 1.807) is 38.6 Å². The van der Waals surface area contributed by atoms with E-state index in [9.17, 15) is 14.9 Å². The normalized spacial score (nSPS) is 10.3. The van der Waals surface area contributed by atoms with Crippen LogP contribution >= 0.6 is 39.5 Å². The van der Waals surface area contributed by atoms with Crippen molar-refractivity contribution in [2.75, 3.05) is 20.4 Å². The van der Waals surface area contributed by atoms with E-state index in [1.165, 1.54) is 16.7 Å². The van der Waals surface area contributed by atoms with Crippen LogP contribution in [-0.2, 0) is 0 Å². The molecule has 0 radical (unpaired) electrons. The molecule has 1 aromatic heterocycles. The van der Waals surface area contributed by atoms with Gasteiger partial charge in [0.15, 0.2) is 5.16 Å². The lowest BCUT2D eigenvalue weighted by atomic mass is 10.1. The Morgan fingerprint density at radius 2 is 2.12 bits per heavy atom. The number of hydrogen-bond acceptors (Lipinski definition) is 6. The van der Waals surface area contributed by atoms with Gasteiger partial charge in [-0.1, -0.05) is 33.8 Å². The van der Waals surface area contributed by atoms with Gasteiger partial charge in [0.2, 0.25) is 0 Å². The first-order valence-corrected chi connectivity index (χ1v) is 9.48. The summed E-state index contributed by atoms with van der Waals surface area (Å²) < 4.78 is 0.786. The van der Waals surface area contributed by atoms with Crippen molar-refractivity contribution in [3.05, 3.63) is 38.6 Å². The molecule has 0 bridgehead atoms. The van der Waals surface area contributed by atoms with Gasteiger partial charge < -0.3 is 9.88 Å². The highest BCUT2D eigenvalue weighted by Crippen LogP contribution is 2.35. The number of aromatic nitrogens is 2. The van der Waals surface area contributed by atoms with E-state index >= 15 is 0 Å². The molecule has 0 aliphatic carbocycles. The first-order valence-electron chi connectivity index (χ1n) is 6.64. The number of thioether (sulfide) groups is 2. The third-order valence-corrected chi connectivity index (χ3v) is 5.13. The van der Waals surface area contributed by atoms with Crippen LogP contribution in [0.4, 0.5) is 4.79 Å². The maximum Gasteiger partial charge on any atom is 0.285 e. The van der Waals surface area contributed by atoms with Crippen molar-refractivity contribution in [1.29, 1.82) is 5.26 Å². The summed E-state index contributed by atoms with van der Waals surface area (Å²) in [5.41, 5.74) is 0.266. The molecular weight excluding hydrogens is 412 g/mol. The zero-order valence-corrected chi connectivity index (χ0v) is 16.3. The Bertz CT molecular complexity index is 890. The quantitative estimate of drug-likeness (QED) is 0.598. The van der Waals surface area contributed by atoms with Crippen LogP contribution in [-0.4, -0.2) is 40.5 Å². The first-order chi connectivity index (χ1) is 11.4. The average molecular weight is 425 g/mol. The van der Waals surface area contributed by atoms with Crippen LogP contribution < -0.4 is 5.56 Å². The molecule has 0 aliphatic rings. The zero-order chi connectivity index (χ0) is 17.9. The molecule has 1 aromatic carbocycles. The van der Waals surface area contributed by atoms with Crippen LogP contribution in [0, 0.1) is 11.3 Å². The summed E-state index contributed by atoms with van der Waals surface area (Å²) in [4.78, 5) is 33.2. The lowest BCUT2D eigenvalue weighted by Gasteiger charge is -2.13. The van der Waals surface area contributed by atoms with E-state index in [-0.39, 0.29) is 16.5 Å². The zero-order valence-electron chi connectivity index (χ0n) is 13.1. The third kappa shape index (κ3) is 4.01. The van der Waals surface area contributed by atoms with Crippen molar-refractivity contribution in [2.45, 2.75) is 10.1 Å². The molecule has 0 spiro atoms. The third-order valence-electron chi connectivity index (χ3n) is 2.96. The number of nitriles is 1. The molecule has 124 valence electrons. The summed E-state index contributed by atoms with van der Waals surface area (Å²) in [5, 5.41) is 9.58. The number of nitrogens with one attached hydrogen (secondary N) is 1. The van der Waals surface area contributed by atoms with Gasteiger partial charge in [-0.2, -0.15) is 5.26 Å². The van der Waals surface area contributed by atoms with E-state index in [4.69, 9.17) is 0 Å². The molecule has 6 nitrogen and oxygen atoms in total. The number of carbonyl (C=O) groups excluding carboxylic acids is 1. The topological polar surface area (TPSA) is 89.8 Å². The molecule has 9 heteroatoms. The molecule has 1 heterocycles. The average Bonchev–Trinajstić information content (AvgIpc) is 2.54. The number of carbonyl (C=O) groups is 1. The second-order valence-corrected chi connectivity index (χ2v) is 7.52. The molecule has 0 unspecified atom stereocenters. The smallest absolute Gasteiger partial charge is 0.285 e. The lowest BCUT2D eigenvalue weighted by Crippen LogP contribution is -2.17. The highest BCUT2D eigenvalue weighted by molar-refractivity contribution is 9.10. The molecule has 2 rings (SSSR count). The van der Waals surface area contributed by atoms with E-state index in [2.05, 4.69) is 25.9 Å². The van der Waals surface area contributed by atoms with Crippen LogP contribution in [0.3, 0.4) is 0 Å². The predicted molar refractivity (Wildman–Crippen MR) is 99.4 cm³/mol. The van der Waals surface area contributed by atoms with Crippen LogP contribution in [0.1, 0.15) is 5.56 Å². The first kappa shape index (κ1) is 18.6. The van der Waals surface area contributed by atoms with Crippen LogP contribution in [0.2, 0.25) is 0 Å². The predicted octanol–water partition coefficient (Wildman–Crippen LogP) is 3.57. The Balaban J connectivity index is 2.69. The SMILES string of the molecule is CSc1nc(-c2ccc(Br)cc2SC(=O)N(C)C)c(C#N)c(=O)[nH]1. The molecule has 1 N–H and O–H groups in total. The summed E-state index contributed by atoms with van der Waals surface area (Å²) in [6.45, 7) is 0. The fourth-order valence-corrected chi connectivity index (χ4v) is 3.53. The molecular formula is C15H13BrN4O2S2. The van der Waals surface area contributed by atoms with Crippen LogP contribution in [0.5, 0.6) is 0 Å². The highest BCUT2D eigenvalue weighted by Gasteiger charge is 2.19. The number of benzene rings is 1. The van der Waals surface area contributed by atoms with Crippen molar-refractivity contribution in [1.82, 2.24) is 14.9 Å². The van der Waals surface area contributed by atoms with Gasteiger partial charge in [0, 0.05) is 29.0 Å². The second-order valence-electron chi connectivity index (χ2n) is 4.81. The van der Waals surface area contributed by atoms with E-state index in [0.29, 0.717) is 15.6 Å². The number of rotatable bonds is 3. The number of H-pyrrole nitrogens is 1. The van der Waals surface area contributed by atoms with Crippen molar-refractivity contribution >= 4 is 44.7 Å². The van der Waals surface area contributed by atoms with Gasteiger partial charge in [-0.25, -0.2) is 4.98 Å². The van der Waals surface area contributed by atoms with Crippen molar-refractivity contribution < 1.29 is 4.79 Å². The Hall–Kier alpha value is -1.76. The Morgan fingerprint density at radius 1 is 1.42 bits per heavy atom. The summed E-state index contributed by atoms with van der Waals surface area (Å²) in [6.07, 6.45) is 1.78. The van der Waals surface area contributed by atoms with E-state index in [1.807, 2.05) is 6.07 Å². The Kier molecular flexibility index (Phi) is 6.10. The molecule has 0 fully saturated rings. The molecule has 2 aromatic rings. The molecule has 24 heavy (non-hydrogen) atoms. The minimum absolute atomic E-state index is 0.0747. The maximum absolute atomic E-state index is 12.1. The minimum atomic E-state index is -0.496. The molecule has 1 amide bonds. The molecule has 0 saturated heterocycles. The number of hydrogen-bond donors (Lipinski definition) is 1. The van der Waals surface area contributed by atoms with Gasteiger partial charge in [-0.15, -0.1) is 0 Å². The number of aromatic amines is 1. The second kappa shape index (κ2) is 7.88. The standard InChI is InChI=1S/C15H13BrN4O2S2/c1-20(2)15(22)24-11-6-8(16)4-5-9(11)12-10(7-17)13(21)19-14(18-12)23-3/h4-6H,1-3H3,(H,18,19,21). The number of amides is 1. The molecule has 0 atom stereocenters. The summed E-state index contributed by atoms with van der Waals surface area (Å²) in [5.74, 6) is 0. The van der Waals surface area contributed by atoms with Gasteiger partial charge in [0.05, 0.1) is 5.69 Å². The summed E-state index contributed by atoms with van der Waals surface area (Å²) >= 11 is 5.66. The fraction of sp³-hybridized carbons (Fsp3) is 0.200. The highest BCUT2D eigenvalue weighted by atomic mass is 79.9. The summed E-state index contributed by atoms with van der Waals surface area (Å²) in [7, 11) is 3.32. The van der Waals surface area contributed by atoms with Gasteiger partial charge >= 0.3 is 0 Å². The Labute approximate surface area is 155 Å². The molecule has 0 saturated carbocycles. The number of nitrogens with zero attached hydrogens (tertiary/aromatic N) is 3. The summed E-state index contributed by atoms with van der Waals surface area (Å²) in [6, 6.07) is 7.19. The number of halogens is 1. The minimum Gasteiger partial charge on any atom is -0.339 e. The monoisotopic (exact) mass is 424 g/mol. The largest absolute Gasteiger partial charge is 0.339 e. The van der Waals surface area contributed by atoms with Gasteiger partial charge in [-0.3, -0.25) is 9.59 Å². The van der Waals surface area contributed by atoms with Crippen LogP contribution in [0.15, 0.2) is 37.5 Å². The maximum atomic E-state index is 12.1. The van der Waals surface area contributed by atoms with Crippen molar-refractivity contribution in [3.8, 4) is 17.3 Å².